The molecule has 156 valence electrons. The van der Waals surface area contributed by atoms with Crippen LogP contribution < -0.4 is 14.4 Å². The smallest absolute Gasteiger partial charge is 0.232 e. The van der Waals surface area contributed by atoms with E-state index in [1.165, 1.54) is 0 Å². The minimum Gasteiger partial charge on any atom is -0.495 e. The largest absolute Gasteiger partial charge is 0.495 e. The zero-order valence-corrected chi connectivity index (χ0v) is 17.4. The summed E-state index contributed by atoms with van der Waals surface area (Å²) in [7, 11) is 1.61. The predicted molar refractivity (Wildman–Crippen MR) is 113 cm³/mol. The number of rotatable bonds is 7. The molecule has 2 heterocycles. The average molecular weight is 407 g/mol. The van der Waals surface area contributed by atoms with Gasteiger partial charge in [0.05, 0.1) is 25.3 Å². The number of aromatic nitrogens is 2. The first-order valence-electron chi connectivity index (χ1n) is 10.1. The van der Waals surface area contributed by atoms with Crippen LogP contribution in [0, 0.1) is 6.92 Å². The first kappa shape index (κ1) is 19.9. The molecular formula is C23H25N3O4. The zero-order valence-electron chi connectivity index (χ0n) is 17.4. The molecule has 4 rings (SSSR count). The van der Waals surface area contributed by atoms with Crippen molar-refractivity contribution < 1.29 is 18.8 Å². The van der Waals surface area contributed by atoms with Crippen molar-refractivity contribution in [1.29, 1.82) is 0 Å². The Hall–Kier alpha value is -3.35. The Bertz CT molecular complexity index is 1030. The zero-order chi connectivity index (χ0) is 21.1. The van der Waals surface area contributed by atoms with Gasteiger partial charge in [0, 0.05) is 18.5 Å². The van der Waals surface area contributed by atoms with Gasteiger partial charge in [-0.15, -0.1) is 0 Å². The molecule has 7 heteroatoms. The molecule has 0 saturated carbocycles. The number of hydrogen-bond donors (Lipinski definition) is 0. The second kappa shape index (κ2) is 8.57. The Kier molecular flexibility index (Phi) is 5.70. The highest BCUT2D eigenvalue weighted by Gasteiger charge is 2.36. The Balaban J connectivity index is 1.51. The van der Waals surface area contributed by atoms with Crippen LogP contribution in [0.25, 0.3) is 11.4 Å². The molecule has 1 unspecified atom stereocenters. The van der Waals surface area contributed by atoms with Crippen molar-refractivity contribution in [3.05, 3.63) is 53.9 Å². The van der Waals surface area contributed by atoms with E-state index in [-0.39, 0.29) is 11.8 Å². The SMILES string of the molecule is CCCOc1ccc(-c2noc(C3CC(=O)N(c4cc(C)ccc4OC)C3)n2)cc1. The fraction of sp³-hybridized carbons (Fsp3) is 0.348. The van der Waals surface area contributed by atoms with E-state index >= 15 is 0 Å². The number of ether oxygens (including phenoxy) is 2. The molecule has 0 bridgehead atoms. The van der Waals surface area contributed by atoms with Crippen LogP contribution in [0.3, 0.4) is 0 Å². The van der Waals surface area contributed by atoms with Crippen molar-refractivity contribution in [3.8, 4) is 22.9 Å². The molecule has 0 N–H and O–H groups in total. The first-order valence-corrected chi connectivity index (χ1v) is 10.1. The highest BCUT2D eigenvalue weighted by molar-refractivity contribution is 5.97. The van der Waals surface area contributed by atoms with E-state index in [2.05, 4.69) is 17.1 Å². The van der Waals surface area contributed by atoms with Crippen LogP contribution in [0.1, 0.15) is 37.1 Å². The molecule has 0 aliphatic carbocycles. The Morgan fingerprint density at radius 1 is 1.20 bits per heavy atom. The van der Waals surface area contributed by atoms with Crippen LogP contribution in [-0.2, 0) is 4.79 Å². The molecule has 3 aromatic rings. The summed E-state index contributed by atoms with van der Waals surface area (Å²) in [5, 5.41) is 4.11. The fourth-order valence-corrected chi connectivity index (χ4v) is 3.56. The fourth-order valence-electron chi connectivity index (χ4n) is 3.56. The first-order chi connectivity index (χ1) is 14.6. The molecule has 1 atom stereocenters. The molecule has 0 radical (unpaired) electrons. The summed E-state index contributed by atoms with van der Waals surface area (Å²) in [6, 6.07) is 13.4. The van der Waals surface area contributed by atoms with Gasteiger partial charge in [0.15, 0.2) is 0 Å². The number of benzene rings is 2. The number of amides is 1. The maximum absolute atomic E-state index is 12.7. The van der Waals surface area contributed by atoms with Crippen LogP contribution in [0.15, 0.2) is 47.0 Å². The lowest BCUT2D eigenvalue weighted by atomic mass is 10.1. The predicted octanol–water partition coefficient (Wildman–Crippen LogP) is 4.36. The van der Waals surface area contributed by atoms with Crippen LogP contribution in [0.2, 0.25) is 0 Å². The highest BCUT2D eigenvalue weighted by Crippen LogP contribution is 2.37. The van der Waals surface area contributed by atoms with Gasteiger partial charge >= 0.3 is 0 Å². The van der Waals surface area contributed by atoms with Crippen LogP contribution in [0.4, 0.5) is 5.69 Å². The standard InChI is InChI=1S/C23H25N3O4/c1-4-11-29-18-8-6-16(7-9-18)22-24-23(30-25-22)17-13-21(27)26(14-17)19-12-15(2)5-10-20(19)28-3/h5-10,12,17H,4,11,13-14H2,1-3H3. The lowest BCUT2D eigenvalue weighted by Crippen LogP contribution is -2.25. The molecule has 0 spiro atoms. The van der Waals surface area contributed by atoms with Gasteiger partial charge in [-0.1, -0.05) is 18.1 Å². The maximum Gasteiger partial charge on any atom is 0.232 e. The van der Waals surface area contributed by atoms with Crippen molar-refractivity contribution in [2.24, 2.45) is 0 Å². The van der Waals surface area contributed by atoms with Gasteiger partial charge in [-0.25, -0.2) is 0 Å². The van der Waals surface area contributed by atoms with Gasteiger partial charge in [-0.2, -0.15) is 4.98 Å². The lowest BCUT2D eigenvalue weighted by Gasteiger charge is -2.19. The number of carbonyl (C=O) groups is 1. The molecule has 1 amide bonds. The Morgan fingerprint density at radius 2 is 2.00 bits per heavy atom. The molecule has 1 fully saturated rings. The summed E-state index contributed by atoms with van der Waals surface area (Å²) in [4.78, 5) is 19.0. The summed E-state index contributed by atoms with van der Waals surface area (Å²) in [5.41, 5.74) is 2.68. The van der Waals surface area contributed by atoms with Crippen LogP contribution in [0.5, 0.6) is 11.5 Å². The van der Waals surface area contributed by atoms with Gasteiger partial charge < -0.3 is 18.9 Å². The summed E-state index contributed by atoms with van der Waals surface area (Å²) in [6.07, 6.45) is 1.28. The third kappa shape index (κ3) is 4.01. The van der Waals surface area contributed by atoms with Crippen LogP contribution in [-0.4, -0.2) is 36.3 Å². The number of aryl methyl sites for hydroxylation is 1. The lowest BCUT2D eigenvalue weighted by molar-refractivity contribution is -0.117. The van der Waals surface area contributed by atoms with E-state index in [0.29, 0.717) is 37.0 Å². The van der Waals surface area contributed by atoms with Crippen molar-refractivity contribution in [3.63, 3.8) is 0 Å². The Labute approximate surface area is 175 Å². The van der Waals surface area contributed by atoms with Crippen molar-refractivity contribution in [2.75, 3.05) is 25.2 Å². The topological polar surface area (TPSA) is 77.7 Å². The molecule has 1 aliphatic rings. The molecule has 1 saturated heterocycles. The normalized spacial score (nSPS) is 16.2. The van der Waals surface area contributed by atoms with Crippen molar-refractivity contribution in [2.45, 2.75) is 32.6 Å². The van der Waals surface area contributed by atoms with Gasteiger partial charge in [0.1, 0.15) is 11.5 Å². The van der Waals surface area contributed by atoms with E-state index in [1.54, 1.807) is 12.0 Å². The molecule has 30 heavy (non-hydrogen) atoms. The second-order valence-corrected chi connectivity index (χ2v) is 7.41. The quantitative estimate of drug-likeness (QED) is 0.579. The monoisotopic (exact) mass is 407 g/mol. The summed E-state index contributed by atoms with van der Waals surface area (Å²) >= 11 is 0. The van der Waals surface area contributed by atoms with Gasteiger partial charge in [-0.3, -0.25) is 4.79 Å². The number of anilines is 1. The molecular weight excluding hydrogens is 382 g/mol. The van der Waals surface area contributed by atoms with Gasteiger partial charge in [0.2, 0.25) is 17.6 Å². The molecule has 1 aliphatic heterocycles. The number of methoxy groups -OCH3 is 1. The molecule has 7 nitrogen and oxygen atoms in total. The van der Waals surface area contributed by atoms with E-state index in [0.717, 1.165) is 29.0 Å². The molecule has 1 aromatic heterocycles. The summed E-state index contributed by atoms with van der Waals surface area (Å²) in [6.45, 7) is 5.22. The van der Waals surface area contributed by atoms with Crippen molar-refractivity contribution >= 4 is 11.6 Å². The Morgan fingerprint density at radius 3 is 2.73 bits per heavy atom. The molecule has 2 aromatic carbocycles. The van der Waals surface area contributed by atoms with Gasteiger partial charge in [-0.05, 0) is 55.3 Å². The van der Waals surface area contributed by atoms with E-state index < -0.39 is 0 Å². The second-order valence-electron chi connectivity index (χ2n) is 7.41. The number of nitrogens with zero attached hydrogens (tertiary/aromatic N) is 3. The highest BCUT2D eigenvalue weighted by atomic mass is 16.5. The third-order valence-corrected chi connectivity index (χ3v) is 5.13. The summed E-state index contributed by atoms with van der Waals surface area (Å²) in [5.74, 6) is 2.32. The van der Waals surface area contributed by atoms with Gasteiger partial charge in [0.25, 0.3) is 0 Å². The van der Waals surface area contributed by atoms with E-state index in [1.807, 2.05) is 49.4 Å². The third-order valence-electron chi connectivity index (χ3n) is 5.13. The maximum atomic E-state index is 12.7. The number of hydrogen-bond acceptors (Lipinski definition) is 6. The number of carbonyl (C=O) groups excluding carboxylic acids is 1. The van der Waals surface area contributed by atoms with E-state index in [4.69, 9.17) is 14.0 Å². The van der Waals surface area contributed by atoms with Crippen molar-refractivity contribution in [1.82, 2.24) is 10.1 Å². The minimum absolute atomic E-state index is 0.0149. The minimum atomic E-state index is -0.156. The average Bonchev–Trinajstić information content (AvgIpc) is 3.39. The summed E-state index contributed by atoms with van der Waals surface area (Å²) < 4.78 is 16.6. The van der Waals surface area contributed by atoms with E-state index in [9.17, 15) is 4.79 Å². The van der Waals surface area contributed by atoms with Crippen LogP contribution >= 0.6 is 0 Å².